The van der Waals surface area contributed by atoms with E-state index in [4.69, 9.17) is 5.21 Å². The molecule has 0 aromatic carbocycles. The van der Waals surface area contributed by atoms with E-state index in [0.29, 0.717) is 18.0 Å². The first-order valence-electron chi connectivity index (χ1n) is 4.89. The van der Waals surface area contributed by atoms with E-state index in [9.17, 15) is 4.79 Å². The molecule has 14 heavy (non-hydrogen) atoms. The Labute approximate surface area is 85.7 Å². The lowest BCUT2D eigenvalue weighted by molar-refractivity contribution is -0.151. The van der Waals surface area contributed by atoms with Gasteiger partial charge in [-0.15, -0.1) is 0 Å². The average Bonchev–Trinajstić information content (AvgIpc) is 2.17. The minimum atomic E-state index is 0.154. The van der Waals surface area contributed by atoms with Gasteiger partial charge in [0.25, 0.3) is 0 Å². The van der Waals surface area contributed by atoms with Crippen LogP contribution in [0.2, 0.25) is 0 Å². The Morgan fingerprint density at radius 1 is 1.57 bits per heavy atom. The Bertz CT molecular complexity index is 221. The molecule has 3 heteroatoms. The fourth-order valence-corrected chi connectivity index (χ4v) is 1.29. The molecule has 0 bridgehead atoms. The molecule has 1 N–H and O–H groups in total. The predicted molar refractivity (Wildman–Crippen MR) is 56.9 cm³/mol. The standard InChI is InChI=1S/C11H19NO2/c1-4-6-11(7-5-2)10(3)8-12(14)9-13/h4,6-7,9-10,14H,5,8H2,1-3H3/b6-4-,11-7+. The van der Waals surface area contributed by atoms with Crippen LogP contribution in [-0.2, 0) is 4.79 Å². The van der Waals surface area contributed by atoms with Crippen LogP contribution in [0.1, 0.15) is 27.2 Å². The molecule has 0 saturated heterocycles. The largest absolute Gasteiger partial charge is 0.286 e. The Hall–Kier alpha value is -1.09. The number of rotatable bonds is 6. The number of carbonyl (C=O) groups excluding carboxylic acids is 1. The van der Waals surface area contributed by atoms with E-state index in [1.165, 1.54) is 0 Å². The van der Waals surface area contributed by atoms with E-state index in [-0.39, 0.29) is 5.92 Å². The summed E-state index contributed by atoms with van der Waals surface area (Å²) in [5.74, 6) is 0.154. The monoisotopic (exact) mass is 197 g/mol. The fourth-order valence-electron chi connectivity index (χ4n) is 1.29. The van der Waals surface area contributed by atoms with Crippen molar-refractivity contribution in [2.24, 2.45) is 5.92 Å². The normalized spacial score (nSPS) is 14.4. The van der Waals surface area contributed by atoms with Crippen molar-refractivity contribution in [1.29, 1.82) is 0 Å². The lowest BCUT2D eigenvalue weighted by atomic mass is 9.99. The molecule has 80 valence electrons. The maximum absolute atomic E-state index is 10.2. The van der Waals surface area contributed by atoms with Crippen molar-refractivity contribution in [2.75, 3.05) is 6.54 Å². The highest BCUT2D eigenvalue weighted by atomic mass is 16.5. The van der Waals surface area contributed by atoms with Crippen LogP contribution in [0.25, 0.3) is 0 Å². The number of hydroxylamine groups is 2. The van der Waals surface area contributed by atoms with Gasteiger partial charge < -0.3 is 0 Å². The SMILES string of the molecule is C/C=C\C(=C/CC)C(C)CN(O)C=O. The van der Waals surface area contributed by atoms with Crippen molar-refractivity contribution in [2.45, 2.75) is 27.2 Å². The highest BCUT2D eigenvalue weighted by Crippen LogP contribution is 2.13. The molecule has 0 radical (unpaired) electrons. The van der Waals surface area contributed by atoms with Gasteiger partial charge in [0.15, 0.2) is 0 Å². The first-order chi connectivity index (χ1) is 6.65. The van der Waals surface area contributed by atoms with E-state index in [0.717, 1.165) is 12.0 Å². The quantitative estimate of drug-likeness (QED) is 0.307. The summed E-state index contributed by atoms with van der Waals surface area (Å²) in [7, 11) is 0. The molecule has 0 fully saturated rings. The van der Waals surface area contributed by atoms with Crippen molar-refractivity contribution in [3.05, 3.63) is 23.8 Å². The van der Waals surface area contributed by atoms with Crippen LogP contribution >= 0.6 is 0 Å². The van der Waals surface area contributed by atoms with Crippen LogP contribution < -0.4 is 0 Å². The van der Waals surface area contributed by atoms with Crippen molar-refractivity contribution in [3.63, 3.8) is 0 Å². The molecule has 0 spiro atoms. The number of carbonyl (C=O) groups is 1. The zero-order chi connectivity index (χ0) is 11.0. The summed E-state index contributed by atoms with van der Waals surface area (Å²) >= 11 is 0. The molecular formula is C11H19NO2. The van der Waals surface area contributed by atoms with Crippen LogP contribution in [0.3, 0.4) is 0 Å². The summed E-state index contributed by atoms with van der Waals surface area (Å²) in [5.41, 5.74) is 1.15. The summed E-state index contributed by atoms with van der Waals surface area (Å²) in [4.78, 5) is 10.2. The molecule has 0 heterocycles. The number of nitrogens with zero attached hydrogens (tertiary/aromatic N) is 1. The van der Waals surface area contributed by atoms with Crippen molar-refractivity contribution >= 4 is 6.41 Å². The van der Waals surface area contributed by atoms with Gasteiger partial charge in [0.1, 0.15) is 0 Å². The van der Waals surface area contributed by atoms with Crippen LogP contribution in [0, 0.1) is 5.92 Å². The van der Waals surface area contributed by atoms with Gasteiger partial charge in [0.2, 0.25) is 6.41 Å². The minimum absolute atomic E-state index is 0.154. The first kappa shape index (κ1) is 12.9. The molecule has 0 aliphatic rings. The van der Waals surface area contributed by atoms with Crippen molar-refractivity contribution in [1.82, 2.24) is 5.06 Å². The van der Waals surface area contributed by atoms with Crippen LogP contribution in [0.15, 0.2) is 23.8 Å². The van der Waals surface area contributed by atoms with E-state index in [2.05, 4.69) is 13.0 Å². The van der Waals surface area contributed by atoms with Gasteiger partial charge in [-0.1, -0.05) is 32.1 Å². The van der Waals surface area contributed by atoms with Crippen molar-refractivity contribution < 1.29 is 10.0 Å². The Morgan fingerprint density at radius 2 is 2.21 bits per heavy atom. The fraction of sp³-hybridized carbons (Fsp3) is 0.545. The summed E-state index contributed by atoms with van der Waals surface area (Å²) in [5, 5.41) is 9.71. The topological polar surface area (TPSA) is 40.5 Å². The first-order valence-corrected chi connectivity index (χ1v) is 4.89. The van der Waals surface area contributed by atoms with E-state index >= 15 is 0 Å². The highest BCUT2D eigenvalue weighted by molar-refractivity contribution is 5.44. The number of amides is 1. The van der Waals surface area contributed by atoms with Crippen LogP contribution in [-0.4, -0.2) is 23.2 Å². The predicted octanol–water partition coefficient (Wildman–Crippen LogP) is 2.38. The summed E-state index contributed by atoms with van der Waals surface area (Å²) in [6.45, 7) is 6.33. The zero-order valence-electron chi connectivity index (χ0n) is 9.10. The second-order valence-corrected chi connectivity index (χ2v) is 3.24. The van der Waals surface area contributed by atoms with Crippen LogP contribution in [0.5, 0.6) is 0 Å². The Balaban J connectivity index is 4.36. The molecule has 1 amide bonds. The summed E-state index contributed by atoms with van der Waals surface area (Å²) in [6, 6.07) is 0. The van der Waals surface area contributed by atoms with Gasteiger partial charge in [-0.3, -0.25) is 10.0 Å². The molecule has 0 aliphatic heterocycles. The lowest BCUT2D eigenvalue weighted by Gasteiger charge is -2.16. The van der Waals surface area contributed by atoms with Crippen LogP contribution in [0.4, 0.5) is 0 Å². The highest BCUT2D eigenvalue weighted by Gasteiger charge is 2.08. The molecule has 0 rings (SSSR count). The number of hydrogen-bond donors (Lipinski definition) is 1. The van der Waals surface area contributed by atoms with Gasteiger partial charge in [-0.25, -0.2) is 5.06 Å². The van der Waals surface area contributed by atoms with Gasteiger partial charge in [0, 0.05) is 5.92 Å². The minimum Gasteiger partial charge on any atom is -0.286 e. The molecule has 1 unspecified atom stereocenters. The Kier molecular flexibility index (Phi) is 6.76. The number of allylic oxidation sites excluding steroid dienone is 3. The van der Waals surface area contributed by atoms with E-state index in [1.54, 1.807) is 0 Å². The van der Waals surface area contributed by atoms with E-state index in [1.807, 2.05) is 26.0 Å². The molecule has 0 aromatic rings. The van der Waals surface area contributed by atoms with Gasteiger partial charge in [-0.05, 0) is 18.9 Å². The zero-order valence-corrected chi connectivity index (χ0v) is 9.10. The molecule has 1 atom stereocenters. The molecule has 0 saturated carbocycles. The summed E-state index contributed by atoms with van der Waals surface area (Å²) in [6.07, 6.45) is 7.45. The molecular weight excluding hydrogens is 178 g/mol. The maximum Gasteiger partial charge on any atom is 0.233 e. The third-order valence-electron chi connectivity index (χ3n) is 1.95. The van der Waals surface area contributed by atoms with Crippen molar-refractivity contribution in [3.8, 4) is 0 Å². The van der Waals surface area contributed by atoms with Gasteiger partial charge in [0.05, 0.1) is 6.54 Å². The lowest BCUT2D eigenvalue weighted by Crippen LogP contribution is -2.24. The van der Waals surface area contributed by atoms with E-state index < -0.39 is 0 Å². The third-order valence-corrected chi connectivity index (χ3v) is 1.95. The number of hydrogen-bond acceptors (Lipinski definition) is 2. The Morgan fingerprint density at radius 3 is 2.64 bits per heavy atom. The second kappa shape index (κ2) is 7.33. The second-order valence-electron chi connectivity index (χ2n) is 3.24. The summed E-state index contributed by atoms with van der Waals surface area (Å²) < 4.78 is 0. The maximum atomic E-state index is 10.2. The molecule has 0 aliphatic carbocycles. The molecule has 3 nitrogen and oxygen atoms in total. The van der Waals surface area contributed by atoms with Gasteiger partial charge in [-0.2, -0.15) is 0 Å². The third kappa shape index (κ3) is 4.82. The molecule has 0 aromatic heterocycles. The smallest absolute Gasteiger partial charge is 0.233 e. The van der Waals surface area contributed by atoms with Gasteiger partial charge >= 0.3 is 0 Å². The average molecular weight is 197 g/mol.